The van der Waals surface area contributed by atoms with E-state index in [0.717, 1.165) is 29.1 Å². The molecular weight excluding hydrogens is 865 g/mol. The van der Waals surface area contributed by atoms with Crippen molar-refractivity contribution in [1.82, 2.24) is 34.9 Å². The Hall–Kier alpha value is -7.06. The second kappa shape index (κ2) is 22.4. The van der Waals surface area contributed by atoms with Gasteiger partial charge in [0.2, 0.25) is 17.7 Å². The lowest BCUT2D eigenvalue weighted by Crippen LogP contribution is -2.54. The smallest absolute Gasteiger partial charge is 0.266 e. The number of nitrogen functional groups attached to an aromatic ring is 1. The van der Waals surface area contributed by atoms with Gasteiger partial charge in [-0.15, -0.1) is 0 Å². The molecule has 3 aliphatic heterocycles. The number of carbonyl (C=O) groups is 5. The summed E-state index contributed by atoms with van der Waals surface area (Å²) >= 11 is 0. The van der Waals surface area contributed by atoms with Gasteiger partial charge in [-0.25, -0.2) is 14.6 Å². The van der Waals surface area contributed by atoms with E-state index in [1.54, 1.807) is 18.2 Å². The zero-order chi connectivity index (χ0) is 46.5. The Morgan fingerprint density at radius 1 is 0.776 bits per heavy atom. The highest BCUT2D eigenvalue weighted by Crippen LogP contribution is 2.36. The summed E-state index contributed by atoms with van der Waals surface area (Å²) in [6.45, 7) is 4.10. The first-order valence-corrected chi connectivity index (χ1v) is 22.3. The highest BCUT2D eigenvalue weighted by molar-refractivity contribution is 6.24. The molecule has 2 aromatic heterocycles. The Labute approximate surface area is 386 Å². The summed E-state index contributed by atoms with van der Waals surface area (Å²) in [7, 11) is 0. The minimum Gasteiger partial charge on any atom is -0.490 e. The van der Waals surface area contributed by atoms with E-state index in [-0.39, 0.29) is 54.9 Å². The van der Waals surface area contributed by atoms with Crippen molar-refractivity contribution in [2.24, 2.45) is 0 Å². The van der Waals surface area contributed by atoms with Crippen LogP contribution in [0.5, 0.6) is 17.2 Å². The lowest BCUT2D eigenvalue weighted by atomic mass is 10.0. The summed E-state index contributed by atoms with van der Waals surface area (Å²) in [5.74, 6) is -0.409. The first-order valence-electron chi connectivity index (χ1n) is 22.3. The number of para-hydroxylation sites is 1. The van der Waals surface area contributed by atoms with Crippen molar-refractivity contribution in [3.8, 4) is 28.5 Å². The molecular formula is C48H52N8O11. The monoisotopic (exact) mass is 916 g/mol. The van der Waals surface area contributed by atoms with Crippen LogP contribution in [-0.4, -0.2) is 138 Å². The summed E-state index contributed by atoms with van der Waals surface area (Å²) in [4.78, 5) is 74.9. The molecule has 2 atom stereocenters. The molecule has 19 nitrogen and oxygen atoms in total. The molecule has 0 aliphatic carbocycles. The Balaban J connectivity index is 0.674. The number of imide groups is 2. The van der Waals surface area contributed by atoms with Gasteiger partial charge in [0.05, 0.1) is 75.4 Å². The minimum absolute atomic E-state index is 0.0409. The van der Waals surface area contributed by atoms with Gasteiger partial charge in [-0.2, -0.15) is 5.10 Å². The SMILES string of the molecule is Nc1ncnc2c1c(-c1ccc(Oc3ccccc3)cc1)nn2C1CCCN(C(=O)/C=C/CCOCCOCCOCCOCCOc2cccc3c2C(=O)N(C2CCC(=O)NC2=O)C3=O)C1. The number of amides is 5. The van der Waals surface area contributed by atoms with Gasteiger partial charge in [-0.3, -0.25) is 34.2 Å². The van der Waals surface area contributed by atoms with E-state index < -0.39 is 29.7 Å². The molecule has 5 aromatic rings. The highest BCUT2D eigenvalue weighted by Gasteiger charge is 2.46. The molecule has 2 saturated heterocycles. The van der Waals surface area contributed by atoms with Crippen molar-refractivity contribution in [3.63, 3.8) is 0 Å². The summed E-state index contributed by atoms with van der Waals surface area (Å²) in [5, 5.41) is 7.86. The molecule has 0 spiro atoms. The molecule has 0 saturated carbocycles. The fourth-order valence-electron chi connectivity index (χ4n) is 8.13. The molecule has 0 bridgehead atoms. The van der Waals surface area contributed by atoms with Crippen molar-refractivity contribution >= 4 is 46.4 Å². The molecule has 8 rings (SSSR count). The maximum Gasteiger partial charge on any atom is 0.266 e. The number of hydrogen-bond acceptors (Lipinski definition) is 15. The largest absolute Gasteiger partial charge is 0.490 e. The van der Waals surface area contributed by atoms with E-state index >= 15 is 0 Å². The van der Waals surface area contributed by atoms with Crippen LogP contribution in [0.25, 0.3) is 22.3 Å². The number of piperidine rings is 2. The van der Waals surface area contributed by atoms with E-state index in [0.29, 0.717) is 94.1 Å². The molecule has 3 aromatic carbocycles. The first kappa shape index (κ1) is 46.5. The number of likely N-dealkylation sites (tertiary alicyclic amines) is 1. The number of nitrogens with one attached hydrogen (secondary N) is 1. The van der Waals surface area contributed by atoms with E-state index in [9.17, 15) is 24.0 Å². The maximum absolute atomic E-state index is 13.2. The quantitative estimate of drug-likeness (QED) is 0.0553. The molecule has 19 heteroatoms. The summed E-state index contributed by atoms with van der Waals surface area (Å²) < 4.78 is 36.0. The van der Waals surface area contributed by atoms with Crippen LogP contribution in [0.15, 0.2) is 91.3 Å². The van der Waals surface area contributed by atoms with Gasteiger partial charge in [-0.05, 0) is 80.3 Å². The van der Waals surface area contributed by atoms with Gasteiger partial charge in [-0.1, -0.05) is 30.3 Å². The van der Waals surface area contributed by atoms with Gasteiger partial charge in [0.15, 0.2) is 5.65 Å². The van der Waals surface area contributed by atoms with Crippen LogP contribution in [-0.2, 0) is 33.3 Å². The average Bonchev–Trinajstić information content (AvgIpc) is 3.86. The van der Waals surface area contributed by atoms with Crippen LogP contribution in [0.2, 0.25) is 0 Å². The average molecular weight is 917 g/mol. The predicted octanol–water partition coefficient (Wildman–Crippen LogP) is 4.52. The van der Waals surface area contributed by atoms with Crippen LogP contribution in [0.1, 0.15) is 58.9 Å². The van der Waals surface area contributed by atoms with Gasteiger partial charge in [0.1, 0.15) is 47.7 Å². The van der Waals surface area contributed by atoms with Gasteiger partial charge < -0.3 is 39.1 Å². The molecule has 2 unspecified atom stereocenters. The third-order valence-electron chi connectivity index (χ3n) is 11.4. The molecule has 67 heavy (non-hydrogen) atoms. The van der Waals surface area contributed by atoms with E-state index in [2.05, 4.69) is 15.3 Å². The number of fused-ring (bicyclic) bond motifs is 2. The number of nitrogens with two attached hydrogens (primary N) is 1. The van der Waals surface area contributed by atoms with Crippen molar-refractivity contribution in [3.05, 3.63) is 102 Å². The van der Waals surface area contributed by atoms with Crippen molar-refractivity contribution in [2.75, 3.05) is 78.3 Å². The number of nitrogens with zero attached hydrogens (tertiary/aromatic N) is 6. The van der Waals surface area contributed by atoms with E-state index in [4.69, 9.17) is 39.3 Å². The summed E-state index contributed by atoms with van der Waals surface area (Å²) in [5.41, 5.74) is 8.77. The van der Waals surface area contributed by atoms with Crippen LogP contribution in [0.3, 0.4) is 0 Å². The highest BCUT2D eigenvalue weighted by atomic mass is 16.6. The molecule has 5 amide bonds. The fraction of sp³-hybridized carbons (Fsp3) is 0.375. The summed E-state index contributed by atoms with van der Waals surface area (Å²) in [6, 6.07) is 20.8. The number of rotatable bonds is 22. The maximum atomic E-state index is 13.2. The van der Waals surface area contributed by atoms with Crippen LogP contribution in [0, 0.1) is 0 Å². The zero-order valence-corrected chi connectivity index (χ0v) is 36.9. The first-order chi connectivity index (χ1) is 32.8. The Morgan fingerprint density at radius 2 is 1.48 bits per heavy atom. The van der Waals surface area contributed by atoms with Crippen LogP contribution < -0.4 is 20.5 Å². The number of hydrogen-bond donors (Lipinski definition) is 2. The molecule has 5 heterocycles. The number of benzene rings is 3. The molecule has 2 fully saturated rings. The third-order valence-corrected chi connectivity index (χ3v) is 11.4. The normalized spacial score (nSPS) is 17.4. The van der Waals surface area contributed by atoms with Gasteiger partial charge >= 0.3 is 0 Å². The number of aromatic nitrogens is 4. The topological polar surface area (TPSA) is 229 Å². The Morgan fingerprint density at radius 3 is 2.21 bits per heavy atom. The van der Waals surface area contributed by atoms with Crippen LogP contribution in [0.4, 0.5) is 5.82 Å². The predicted molar refractivity (Wildman–Crippen MR) is 242 cm³/mol. The lowest BCUT2D eigenvalue weighted by molar-refractivity contribution is -0.136. The van der Waals surface area contributed by atoms with E-state index in [1.807, 2.05) is 70.3 Å². The zero-order valence-electron chi connectivity index (χ0n) is 36.9. The van der Waals surface area contributed by atoms with E-state index in [1.165, 1.54) is 12.4 Å². The number of carbonyl (C=O) groups excluding carboxylic acids is 5. The third kappa shape index (κ3) is 11.3. The molecule has 0 radical (unpaired) electrons. The second-order valence-corrected chi connectivity index (χ2v) is 15.9. The van der Waals surface area contributed by atoms with Gasteiger partial charge in [0.25, 0.3) is 11.8 Å². The molecule has 3 aliphatic rings. The van der Waals surface area contributed by atoms with Crippen molar-refractivity contribution < 1.29 is 52.4 Å². The Bertz CT molecular complexity index is 2590. The number of ether oxygens (including phenoxy) is 6. The van der Waals surface area contributed by atoms with Gasteiger partial charge in [0, 0.05) is 25.1 Å². The minimum atomic E-state index is -1.05. The second-order valence-electron chi connectivity index (χ2n) is 15.9. The van der Waals surface area contributed by atoms with Crippen molar-refractivity contribution in [1.29, 1.82) is 0 Å². The Kier molecular flexibility index (Phi) is 15.6. The standard InChI is InChI=1S/C48H52N8O11/c49-44-42-43(32-14-16-35(17-15-32)67-34-9-2-1-3-10-34)53-56(45(42)51-31-50-44)33-8-7-20-54(30-33)40(58)13-4-5-21-62-22-23-63-24-25-64-26-27-65-28-29-66-38-12-6-11-36-41(38)48(61)55(47(36)60)37-18-19-39(57)52-46(37)59/h1-4,6,9-17,31,33,37H,5,7-8,18-30H2,(H2,49,50,51)(H,52,57,59)/b13-4+. The lowest BCUT2D eigenvalue weighted by Gasteiger charge is -2.32. The summed E-state index contributed by atoms with van der Waals surface area (Å²) in [6.07, 6.45) is 7.20. The van der Waals surface area contributed by atoms with Crippen molar-refractivity contribution in [2.45, 2.75) is 44.2 Å². The number of anilines is 1. The molecule has 350 valence electrons. The molecule has 3 N–H and O–H groups in total. The van der Waals surface area contributed by atoms with Crippen LogP contribution >= 0.6 is 0 Å². The fourth-order valence-corrected chi connectivity index (χ4v) is 8.13.